The van der Waals surface area contributed by atoms with E-state index in [9.17, 15) is 21.6 Å². The fourth-order valence-corrected chi connectivity index (χ4v) is 1.02. The normalized spacial score (nSPS) is 13.5. The molecule has 0 fully saturated rings. The topological polar surface area (TPSA) is 60.2 Å². The molecule has 0 amide bonds. The summed E-state index contributed by atoms with van der Waals surface area (Å²) in [5, 5.41) is 4.47. The van der Waals surface area contributed by atoms with Crippen LogP contribution in [0.2, 0.25) is 0 Å². The molecule has 0 rings (SSSR count). The summed E-state index contributed by atoms with van der Waals surface area (Å²) in [7, 11) is -3.75. The molecule has 0 saturated carbocycles. The van der Waals surface area contributed by atoms with Crippen molar-refractivity contribution in [1.82, 2.24) is 0 Å². The number of alkyl halides is 3. The van der Waals surface area contributed by atoms with Crippen molar-refractivity contribution >= 4 is 10.0 Å². The molecule has 0 atom stereocenters. The molecule has 0 aromatic heterocycles. The molecule has 2 N–H and O–H groups in total. The predicted octanol–water partition coefficient (Wildman–Crippen LogP) is 0.617. The Morgan fingerprint density at radius 1 is 1.27 bits per heavy atom. The average molecular weight is 191 g/mol. The highest BCUT2D eigenvalue weighted by Gasteiger charge is 2.26. The van der Waals surface area contributed by atoms with Crippen LogP contribution in [0, 0.1) is 0 Å². The van der Waals surface area contributed by atoms with E-state index in [1.807, 2.05) is 0 Å². The fraction of sp³-hybridized carbons (Fsp3) is 1.00. The summed E-state index contributed by atoms with van der Waals surface area (Å²) in [5.41, 5.74) is 0. The highest BCUT2D eigenvalue weighted by Crippen LogP contribution is 2.21. The molecule has 0 aliphatic rings. The van der Waals surface area contributed by atoms with Crippen molar-refractivity contribution in [3.8, 4) is 0 Å². The van der Waals surface area contributed by atoms with E-state index in [4.69, 9.17) is 0 Å². The lowest BCUT2D eigenvalue weighted by Gasteiger charge is -2.03. The van der Waals surface area contributed by atoms with Crippen molar-refractivity contribution in [1.29, 1.82) is 0 Å². The van der Waals surface area contributed by atoms with Crippen LogP contribution in [-0.4, -0.2) is 20.3 Å². The SMILES string of the molecule is NS(=O)(=O)CCCC(F)(F)F. The van der Waals surface area contributed by atoms with E-state index in [2.05, 4.69) is 5.14 Å². The van der Waals surface area contributed by atoms with Gasteiger partial charge in [0.05, 0.1) is 5.75 Å². The summed E-state index contributed by atoms with van der Waals surface area (Å²) < 4.78 is 54.4. The lowest BCUT2D eigenvalue weighted by atomic mass is 10.3. The van der Waals surface area contributed by atoms with Crippen molar-refractivity contribution in [3.63, 3.8) is 0 Å². The van der Waals surface area contributed by atoms with Gasteiger partial charge in [-0.3, -0.25) is 0 Å². The van der Waals surface area contributed by atoms with Crippen molar-refractivity contribution in [2.24, 2.45) is 5.14 Å². The van der Waals surface area contributed by atoms with Crippen LogP contribution in [0.15, 0.2) is 0 Å². The van der Waals surface area contributed by atoms with Crippen LogP contribution in [0.1, 0.15) is 12.8 Å². The minimum Gasteiger partial charge on any atom is -0.229 e. The molecule has 0 aromatic rings. The first-order valence-electron chi connectivity index (χ1n) is 2.78. The van der Waals surface area contributed by atoms with Gasteiger partial charge in [-0.05, 0) is 6.42 Å². The molecule has 0 radical (unpaired) electrons. The summed E-state index contributed by atoms with van der Waals surface area (Å²) in [4.78, 5) is 0. The maximum atomic E-state index is 11.4. The van der Waals surface area contributed by atoms with Gasteiger partial charge in [0.1, 0.15) is 0 Å². The molecular weight excluding hydrogens is 183 g/mol. The number of halogens is 3. The van der Waals surface area contributed by atoms with Crippen LogP contribution < -0.4 is 5.14 Å². The van der Waals surface area contributed by atoms with Gasteiger partial charge in [-0.2, -0.15) is 13.2 Å². The maximum absolute atomic E-state index is 11.4. The smallest absolute Gasteiger partial charge is 0.229 e. The van der Waals surface area contributed by atoms with Gasteiger partial charge in [0, 0.05) is 6.42 Å². The highest BCUT2D eigenvalue weighted by atomic mass is 32.2. The zero-order chi connectivity index (χ0) is 9.12. The fourth-order valence-electron chi connectivity index (χ4n) is 0.474. The summed E-state index contributed by atoms with van der Waals surface area (Å²) in [6.45, 7) is 0. The van der Waals surface area contributed by atoms with Crippen LogP contribution in [-0.2, 0) is 10.0 Å². The zero-order valence-corrected chi connectivity index (χ0v) is 6.37. The van der Waals surface area contributed by atoms with Crippen molar-refractivity contribution in [2.75, 3.05) is 5.75 Å². The van der Waals surface area contributed by atoms with Crippen molar-refractivity contribution in [3.05, 3.63) is 0 Å². The Labute approximate surface area is 62.4 Å². The lowest BCUT2D eigenvalue weighted by molar-refractivity contribution is -0.134. The van der Waals surface area contributed by atoms with E-state index < -0.39 is 34.8 Å². The van der Waals surface area contributed by atoms with Crippen LogP contribution in [0.3, 0.4) is 0 Å². The molecule has 3 nitrogen and oxygen atoms in total. The van der Waals surface area contributed by atoms with Crippen LogP contribution in [0.4, 0.5) is 13.2 Å². The third-order valence-electron chi connectivity index (χ3n) is 0.889. The van der Waals surface area contributed by atoms with Crippen molar-refractivity contribution in [2.45, 2.75) is 19.0 Å². The van der Waals surface area contributed by atoms with Crippen molar-refractivity contribution < 1.29 is 21.6 Å². The van der Waals surface area contributed by atoms with Gasteiger partial charge in [-0.1, -0.05) is 0 Å². The lowest BCUT2D eigenvalue weighted by Crippen LogP contribution is -2.18. The monoisotopic (exact) mass is 191 g/mol. The molecule has 0 aromatic carbocycles. The Balaban J connectivity index is 3.61. The zero-order valence-electron chi connectivity index (χ0n) is 5.56. The van der Waals surface area contributed by atoms with Gasteiger partial charge < -0.3 is 0 Å². The summed E-state index contributed by atoms with van der Waals surface area (Å²) >= 11 is 0. The van der Waals surface area contributed by atoms with Crippen LogP contribution in [0.5, 0.6) is 0 Å². The molecule has 0 spiro atoms. The summed E-state index contributed by atoms with van der Waals surface area (Å²) in [6, 6.07) is 0. The van der Waals surface area contributed by atoms with Gasteiger partial charge in [-0.15, -0.1) is 0 Å². The average Bonchev–Trinajstić information content (AvgIpc) is 1.55. The number of hydrogen-bond donors (Lipinski definition) is 1. The van der Waals surface area contributed by atoms with Crippen LogP contribution >= 0.6 is 0 Å². The number of rotatable bonds is 3. The van der Waals surface area contributed by atoms with Gasteiger partial charge in [0.2, 0.25) is 10.0 Å². The second kappa shape index (κ2) is 3.40. The molecule has 0 heterocycles. The quantitative estimate of drug-likeness (QED) is 0.710. The van der Waals surface area contributed by atoms with Gasteiger partial charge in [0.15, 0.2) is 0 Å². The van der Waals surface area contributed by atoms with Crippen LogP contribution in [0.25, 0.3) is 0 Å². The second-order valence-corrected chi connectivity index (χ2v) is 3.82. The summed E-state index contributed by atoms with van der Waals surface area (Å²) in [6.07, 6.45) is -5.88. The molecule has 0 aliphatic heterocycles. The first-order chi connectivity index (χ1) is 4.71. The van der Waals surface area contributed by atoms with Gasteiger partial charge in [0.25, 0.3) is 0 Å². The third-order valence-corrected chi connectivity index (χ3v) is 1.75. The minimum atomic E-state index is -4.30. The third kappa shape index (κ3) is 9.70. The number of hydrogen-bond acceptors (Lipinski definition) is 2. The predicted molar refractivity (Wildman–Crippen MR) is 33.3 cm³/mol. The Kier molecular flexibility index (Phi) is 3.30. The Hall–Kier alpha value is -0.300. The highest BCUT2D eigenvalue weighted by molar-refractivity contribution is 7.89. The Morgan fingerprint density at radius 3 is 2.00 bits per heavy atom. The largest absolute Gasteiger partial charge is 0.389 e. The first-order valence-corrected chi connectivity index (χ1v) is 4.49. The van der Waals surface area contributed by atoms with E-state index in [1.54, 1.807) is 0 Å². The number of primary sulfonamides is 1. The number of nitrogens with two attached hydrogens (primary N) is 1. The molecule has 0 unspecified atom stereocenters. The minimum absolute atomic E-state index is 0.470. The van der Waals surface area contributed by atoms with E-state index in [0.29, 0.717) is 0 Å². The number of sulfonamides is 1. The first kappa shape index (κ1) is 10.7. The van der Waals surface area contributed by atoms with E-state index >= 15 is 0 Å². The van der Waals surface area contributed by atoms with E-state index in [0.717, 1.165) is 0 Å². The molecular formula is C4H8F3NO2S. The molecule has 68 valence electrons. The Morgan fingerprint density at radius 2 is 1.73 bits per heavy atom. The molecule has 0 saturated heterocycles. The second-order valence-electron chi connectivity index (χ2n) is 2.09. The molecule has 0 bridgehead atoms. The molecule has 0 aliphatic carbocycles. The molecule has 7 heteroatoms. The maximum Gasteiger partial charge on any atom is 0.389 e. The van der Waals surface area contributed by atoms with E-state index in [-0.39, 0.29) is 0 Å². The van der Waals surface area contributed by atoms with Gasteiger partial charge >= 0.3 is 6.18 Å². The van der Waals surface area contributed by atoms with Gasteiger partial charge in [-0.25, -0.2) is 13.6 Å². The standard InChI is InChI=1S/C4H8F3NO2S/c5-4(6,7)2-1-3-11(8,9)10/h1-3H2,(H2,8,9,10). The van der Waals surface area contributed by atoms with E-state index in [1.165, 1.54) is 0 Å². The molecule has 11 heavy (non-hydrogen) atoms. The summed E-state index contributed by atoms with van der Waals surface area (Å²) in [5.74, 6) is -0.619. The Bertz CT molecular complexity index is 208.